The molecular weight excluding hydrogens is 348 g/mol. The summed E-state index contributed by atoms with van der Waals surface area (Å²) >= 11 is 0. The lowest BCUT2D eigenvalue weighted by Gasteiger charge is -2.19. The zero-order chi connectivity index (χ0) is 18.3. The van der Waals surface area contributed by atoms with Crippen LogP contribution in [-0.2, 0) is 19.7 Å². The summed E-state index contributed by atoms with van der Waals surface area (Å²) < 4.78 is 31.4. The fraction of sp³-hybridized carbons (Fsp3) is 0.182. The normalized spacial score (nSPS) is 20.8. The second-order valence-corrected chi connectivity index (χ2v) is 6.29. The van der Waals surface area contributed by atoms with Crippen LogP contribution >= 0.6 is 0 Å². The number of rotatable bonds is 4. The minimum atomic E-state index is -5.36. The number of anilines is 1. The summed E-state index contributed by atoms with van der Waals surface area (Å²) in [5.74, 6) is -4.57. The molecule has 2 rings (SSSR count). The van der Waals surface area contributed by atoms with Crippen molar-refractivity contribution in [3.8, 4) is 0 Å². The maximum atomic E-state index is 12.1. The topological polar surface area (TPSA) is 198 Å². The highest BCUT2D eigenvalue weighted by molar-refractivity contribution is 7.88. The molecule has 1 saturated heterocycles. The van der Waals surface area contributed by atoms with Crippen molar-refractivity contribution in [3.05, 3.63) is 34.2 Å². The second kappa shape index (κ2) is 5.58. The number of aromatic carboxylic acids is 1. The first kappa shape index (κ1) is 17.4. The van der Waals surface area contributed by atoms with Gasteiger partial charge in [-0.1, -0.05) is 11.2 Å². The Morgan fingerprint density at radius 3 is 2.46 bits per heavy atom. The van der Waals surface area contributed by atoms with Gasteiger partial charge in [0.2, 0.25) is 5.91 Å². The third-order valence-corrected chi connectivity index (χ3v) is 4.39. The van der Waals surface area contributed by atoms with Gasteiger partial charge in [0.05, 0.1) is 17.7 Å². The third-order valence-electron chi connectivity index (χ3n) is 3.22. The molecule has 0 spiro atoms. The zero-order valence-electron chi connectivity index (χ0n) is 11.5. The first-order valence-electron chi connectivity index (χ1n) is 6.02. The Hall–Kier alpha value is -2.99. The minimum absolute atomic E-state index is 0.105. The summed E-state index contributed by atoms with van der Waals surface area (Å²) in [7, 11) is -5.36. The maximum Gasteiger partial charge on any atom is 0.337 e. The zero-order valence-corrected chi connectivity index (χ0v) is 12.3. The molecule has 13 heteroatoms. The van der Waals surface area contributed by atoms with Crippen LogP contribution in [0, 0.1) is 0 Å². The molecule has 1 aromatic rings. The molecule has 0 saturated carbocycles. The highest BCUT2D eigenvalue weighted by Crippen LogP contribution is 2.36. The van der Waals surface area contributed by atoms with Gasteiger partial charge in [-0.25, -0.2) is 9.69 Å². The Bertz CT molecular complexity index is 920. The van der Waals surface area contributed by atoms with Gasteiger partial charge in [-0.15, -0.1) is 0 Å². The fourth-order valence-electron chi connectivity index (χ4n) is 2.09. The Labute approximate surface area is 133 Å². The molecule has 0 bridgehead atoms. The molecule has 1 aliphatic heterocycles. The molecule has 2 amide bonds. The number of hydrogen-bond donors (Lipinski definition) is 3. The number of nitrogens with zero attached hydrogens (tertiary/aromatic N) is 4. The SMILES string of the molecule is [N-]=[N+]=Nc1ccc(C(=O)O)c(N2C(=O)CC(O)(S(=O)(=O)O)C2=O)c1. The van der Waals surface area contributed by atoms with Gasteiger partial charge >= 0.3 is 16.1 Å². The van der Waals surface area contributed by atoms with E-state index < -0.39 is 50.5 Å². The van der Waals surface area contributed by atoms with Crippen LogP contribution in [0.2, 0.25) is 0 Å². The van der Waals surface area contributed by atoms with Gasteiger partial charge in [-0.3, -0.25) is 14.1 Å². The van der Waals surface area contributed by atoms with Crippen molar-refractivity contribution in [2.45, 2.75) is 11.4 Å². The van der Waals surface area contributed by atoms with Crippen molar-refractivity contribution in [2.75, 3.05) is 4.90 Å². The molecule has 1 atom stereocenters. The molecule has 126 valence electrons. The van der Waals surface area contributed by atoms with E-state index in [1.165, 1.54) is 0 Å². The number of imide groups is 1. The average molecular weight is 356 g/mol. The molecule has 24 heavy (non-hydrogen) atoms. The fourth-order valence-corrected chi connectivity index (χ4v) is 2.71. The van der Waals surface area contributed by atoms with E-state index in [1.807, 2.05) is 0 Å². The van der Waals surface area contributed by atoms with Crippen LogP contribution in [-0.4, -0.2) is 45.9 Å². The number of azide groups is 1. The molecule has 12 nitrogen and oxygen atoms in total. The van der Waals surface area contributed by atoms with E-state index in [9.17, 15) is 27.9 Å². The second-order valence-electron chi connectivity index (χ2n) is 4.67. The first-order chi connectivity index (χ1) is 11.0. The van der Waals surface area contributed by atoms with Gasteiger partial charge in [0.1, 0.15) is 0 Å². The van der Waals surface area contributed by atoms with Crippen LogP contribution < -0.4 is 4.90 Å². The summed E-state index contributed by atoms with van der Waals surface area (Å²) in [6, 6.07) is 2.87. The van der Waals surface area contributed by atoms with Gasteiger partial charge < -0.3 is 10.2 Å². The summed E-state index contributed by atoms with van der Waals surface area (Å²) in [6.45, 7) is 0. The molecule has 1 aliphatic rings. The molecular formula is C11H8N4O8S. The smallest absolute Gasteiger partial charge is 0.337 e. The Kier molecular flexibility index (Phi) is 4.03. The van der Waals surface area contributed by atoms with E-state index in [-0.39, 0.29) is 10.6 Å². The number of amides is 2. The van der Waals surface area contributed by atoms with Gasteiger partial charge in [0, 0.05) is 10.6 Å². The number of aliphatic hydroxyl groups is 1. The number of benzene rings is 1. The van der Waals surface area contributed by atoms with Crippen LogP contribution in [0.15, 0.2) is 23.3 Å². The first-order valence-corrected chi connectivity index (χ1v) is 7.46. The summed E-state index contributed by atoms with van der Waals surface area (Å²) in [6.07, 6.45) is -1.30. The number of hydrogen-bond acceptors (Lipinski definition) is 7. The Morgan fingerprint density at radius 1 is 1.38 bits per heavy atom. The minimum Gasteiger partial charge on any atom is -0.478 e. The lowest BCUT2D eigenvalue weighted by molar-refractivity contribution is -0.127. The summed E-state index contributed by atoms with van der Waals surface area (Å²) in [4.78, 5) is 34.5. The quantitative estimate of drug-likeness (QED) is 0.223. The standard InChI is InChI=1S/C11H8N4O8S/c12-14-13-5-1-2-6(9(17)18)7(3-5)15-8(16)4-11(20,10(15)19)24(21,22)23/h1-3,20H,4H2,(H,17,18)(H,21,22,23). The van der Waals surface area contributed by atoms with E-state index >= 15 is 0 Å². The van der Waals surface area contributed by atoms with Crippen LogP contribution in [0.5, 0.6) is 0 Å². The highest BCUT2D eigenvalue weighted by Gasteiger charge is 2.60. The maximum absolute atomic E-state index is 12.1. The monoisotopic (exact) mass is 356 g/mol. The molecule has 1 heterocycles. The predicted molar refractivity (Wildman–Crippen MR) is 75.8 cm³/mol. The highest BCUT2D eigenvalue weighted by atomic mass is 32.2. The van der Waals surface area contributed by atoms with Crippen LogP contribution in [0.25, 0.3) is 10.4 Å². The summed E-state index contributed by atoms with van der Waals surface area (Å²) in [5.41, 5.74) is 7.03. The number of carbonyl (C=O) groups is 3. The van der Waals surface area contributed by atoms with Crippen LogP contribution in [0.4, 0.5) is 11.4 Å². The molecule has 0 radical (unpaired) electrons. The summed E-state index contributed by atoms with van der Waals surface area (Å²) in [5, 5.41) is 22.1. The molecule has 3 N–H and O–H groups in total. The van der Waals surface area contributed by atoms with Crippen molar-refractivity contribution in [1.29, 1.82) is 0 Å². The van der Waals surface area contributed by atoms with E-state index in [1.54, 1.807) is 0 Å². The molecule has 0 aromatic heterocycles. The molecule has 1 unspecified atom stereocenters. The van der Waals surface area contributed by atoms with E-state index in [4.69, 9.17) is 15.2 Å². The lowest BCUT2D eigenvalue weighted by Crippen LogP contribution is -2.46. The Balaban J connectivity index is 2.69. The Morgan fingerprint density at radius 2 is 2.00 bits per heavy atom. The predicted octanol–water partition coefficient (Wildman–Crippen LogP) is 0.166. The van der Waals surface area contributed by atoms with Gasteiger partial charge in [0.15, 0.2) is 0 Å². The van der Waals surface area contributed by atoms with Crippen molar-refractivity contribution in [1.82, 2.24) is 0 Å². The van der Waals surface area contributed by atoms with Gasteiger partial charge in [-0.05, 0) is 17.7 Å². The van der Waals surface area contributed by atoms with Crippen molar-refractivity contribution < 1.29 is 37.6 Å². The van der Waals surface area contributed by atoms with Crippen molar-refractivity contribution in [2.24, 2.45) is 5.11 Å². The van der Waals surface area contributed by atoms with E-state index in [0.29, 0.717) is 0 Å². The molecule has 0 aliphatic carbocycles. The molecule has 1 aromatic carbocycles. The number of carbonyl (C=O) groups excluding carboxylic acids is 2. The van der Waals surface area contributed by atoms with Gasteiger partial charge in [0.25, 0.3) is 10.8 Å². The largest absolute Gasteiger partial charge is 0.478 e. The number of carboxylic acids is 1. The van der Waals surface area contributed by atoms with Crippen LogP contribution in [0.3, 0.4) is 0 Å². The van der Waals surface area contributed by atoms with Crippen molar-refractivity contribution in [3.63, 3.8) is 0 Å². The van der Waals surface area contributed by atoms with Crippen LogP contribution in [0.1, 0.15) is 16.8 Å². The third kappa shape index (κ3) is 2.57. The van der Waals surface area contributed by atoms with E-state index in [0.717, 1.165) is 18.2 Å². The van der Waals surface area contributed by atoms with Crippen molar-refractivity contribution >= 4 is 39.3 Å². The average Bonchev–Trinajstić information content (AvgIpc) is 2.69. The number of carboxylic acid groups (broad SMARTS) is 1. The lowest BCUT2D eigenvalue weighted by atomic mass is 10.1. The molecule has 1 fully saturated rings. The van der Waals surface area contributed by atoms with E-state index in [2.05, 4.69) is 10.0 Å². The van der Waals surface area contributed by atoms with Gasteiger partial charge in [-0.2, -0.15) is 8.42 Å².